The van der Waals surface area contributed by atoms with Crippen molar-refractivity contribution in [3.05, 3.63) is 58.4 Å². The third-order valence-corrected chi connectivity index (χ3v) is 7.30. The first-order chi connectivity index (χ1) is 16.1. The van der Waals surface area contributed by atoms with Gasteiger partial charge >= 0.3 is 6.09 Å². The van der Waals surface area contributed by atoms with E-state index >= 15 is 0 Å². The number of pyridine rings is 2. The lowest BCUT2D eigenvalue weighted by Crippen LogP contribution is -2.33. The molecule has 0 aliphatic carbocycles. The smallest absolute Gasteiger partial charge is 0.416 e. The van der Waals surface area contributed by atoms with Crippen molar-refractivity contribution in [1.82, 2.24) is 14.9 Å². The van der Waals surface area contributed by atoms with E-state index in [2.05, 4.69) is 21.7 Å². The Morgan fingerprint density at radius 1 is 1.09 bits per heavy atom. The number of aromatic nitrogens is 2. The molecule has 1 saturated heterocycles. The number of fused-ring (bicyclic) bond motifs is 1. The molecule has 1 fully saturated rings. The molecule has 2 N–H and O–H groups in total. The molecule has 0 spiro atoms. The third-order valence-electron chi connectivity index (χ3n) is 6.26. The molecular weight excluding hydrogens is 442 g/mol. The van der Waals surface area contributed by atoms with E-state index in [1.165, 1.54) is 22.2 Å². The predicted octanol–water partition coefficient (Wildman–Crippen LogP) is 2.15. The predicted molar refractivity (Wildman–Crippen MR) is 125 cm³/mol. The zero-order chi connectivity index (χ0) is 22.5. The minimum Gasteiger partial charge on any atom is -0.443 e. The maximum atomic E-state index is 12.5. The van der Waals surface area contributed by atoms with Crippen LogP contribution in [0.25, 0.3) is 10.9 Å². The third kappa shape index (κ3) is 3.55. The summed E-state index contributed by atoms with van der Waals surface area (Å²) in [5.74, 6) is 1.38. The van der Waals surface area contributed by atoms with Crippen molar-refractivity contribution in [2.45, 2.75) is 23.5 Å². The van der Waals surface area contributed by atoms with Crippen LogP contribution in [0.15, 0.2) is 52.2 Å². The summed E-state index contributed by atoms with van der Waals surface area (Å²) in [6.07, 6.45) is -0.768. The number of benzene rings is 1. The van der Waals surface area contributed by atoms with E-state index < -0.39 is 6.09 Å². The van der Waals surface area contributed by atoms with E-state index in [0.717, 1.165) is 15.8 Å². The van der Waals surface area contributed by atoms with Gasteiger partial charge in [0.15, 0.2) is 0 Å². The quantitative estimate of drug-likeness (QED) is 0.597. The Morgan fingerprint density at radius 3 is 2.91 bits per heavy atom. The number of ether oxygens (including phenoxy) is 1. The van der Waals surface area contributed by atoms with Crippen molar-refractivity contribution >= 4 is 46.3 Å². The van der Waals surface area contributed by atoms with Crippen molar-refractivity contribution in [3.8, 4) is 0 Å². The number of carbonyl (C=O) groups is 2. The summed E-state index contributed by atoms with van der Waals surface area (Å²) in [5.41, 5.74) is 2.20. The summed E-state index contributed by atoms with van der Waals surface area (Å²) >= 11 is 1.43. The summed E-state index contributed by atoms with van der Waals surface area (Å²) in [5, 5.41) is 7.24. The highest BCUT2D eigenvalue weighted by atomic mass is 32.2. The first-order valence-electron chi connectivity index (χ1n) is 10.8. The molecule has 0 bridgehead atoms. The van der Waals surface area contributed by atoms with Crippen LogP contribution in [-0.2, 0) is 16.1 Å². The van der Waals surface area contributed by atoms with Crippen LogP contribution in [0, 0.1) is 0 Å². The normalized spacial score (nSPS) is 21.3. The Morgan fingerprint density at radius 2 is 2.00 bits per heavy atom. The highest BCUT2D eigenvalue weighted by molar-refractivity contribution is 8.00. The molecule has 3 aliphatic heterocycles. The molecule has 3 aromatic rings. The molecule has 10 heteroatoms. The van der Waals surface area contributed by atoms with Crippen molar-refractivity contribution in [3.63, 3.8) is 0 Å². The number of amides is 2. The molecule has 0 saturated carbocycles. The zero-order valence-corrected chi connectivity index (χ0v) is 18.4. The number of para-hydroxylation sites is 1. The Kier molecular flexibility index (Phi) is 4.84. The average molecular weight is 464 g/mol. The first kappa shape index (κ1) is 20.3. The molecule has 5 heterocycles. The number of carbonyl (C=O) groups excluding carboxylic acids is 2. The van der Waals surface area contributed by atoms with Crippen molar-refractivity contribution in [2.75, 3.05) is 35.6 Å². The van der Waals surface area contributed by atoms with Gasteiger partial charge in [-0.05, 0) is 29.1 Å². The van der Waals surface area contributed by atoms with Gasteiger partial charge in [0.1, 0.15) is 17.7 Å². The fourth-order valence-corrected chi connectivity index (χ4v) is 5.49. The Hall–Kier alpha value is -3.37. The molecule has 33 heavy (non-hydrogen) atoms. The number of nitrogens with zero attached hydrogens (tertiary/aromatic N) is 3. The van der Waals surface area contributed by atoms with Gasteiger partial charge in [-0.25, -0.2) is 9.78 Å². The molecule has 9 nitrogen and oxygen atoms in total. The topological polar surface area (TPSA) is 106 Å². The average Bonchev–Trinajstić information content (AvgIpc) is 3.38. The first-order valence-corrected chi connectivity index (χ1v) is 11.8. The van der Waals surface area contributed by atoms with Gasteiger partial charge in [-0.15, -0.1) is 11.8 Å². The largest absolute Gasteiger partial charge is 0.443 e. The molecule has 0 radical (unpaired) electrons. The van der Waals surface area contributed by atoms with Gasteiger partial charge in [0.05, 0.1) is 22.7 Å². The Balaban J connectivity index is 1.10. The van der Waals surface area contributed by atoms with Gasteiger partial charge in [-0.1, -0.05) is 18.2 Å². The standard InChI is InChI=1S/C23H21N5O4S/c29-19-12-33-17-5-6-18(25-22(17)26-19)27-11-15(32-23(27)31)9-24-8-14-10-28-20(30)7-4-13-2-1-3-16(14)21(13)28/h1-7,14-15,24H,8-12H2,(H,25,26,29)/t14-,15+/m1/s1. The van der Waals surface area contributed by atoms with Crippen molar-refractivity contribution < 1.29 is 14.3 Å². The minimum atomic E-state index is -0.450. The number of nitrogens with one attached hydrogen (secondary N) is 2. The maximum absolute atomic E-state index is 12.5. The molecule has 1 aromatic carbocycles. The molecule has 0 unspecified atom stereocenters. The van der Waals surface area contributed by atoms with Gasteiger partial charge in [0, 0.05) is 31.6 Å². The molecule has 2 aromatic heterocycles. The second kappa shape index (κ2) is 7.89. The van der Waals surface area contributed by atoms with Crippen LogP contribution in [0.1, 0.15) is 11.5 Å². The number of rotatable bonds is 5. The van der Waals surface area contributed by atoms with Gasteiger partial charge < -0.3 is 19.9 Å². The van der Waals surface area contributed by atoms with Crippen LogP contribution in [-0.4, -0.2) is 53.0 Å². The van der Waals surface area contributed by atoms with Crippen LogP contribution in [0.3, 0.4) is 0 Å². The van der Waals surface area contributed by atoms with Crippen LogP contribution < -0.4 is 21.1 Å². The molecular formula is C23H21N5O4S. The summed E-state index contributed by atoms with van der Waals surface area (Å²) < 4.78 is 7.37. The van der Waals surface area contributed by atoms with Crippen LogP contribution in [0.4, 0.5) is 16.4 Å². The van der Waals surface area contributed by atoms with Gasteiger partial charge in [0.25, 0.3) is 5.56 Å². The fourth-order valence-electron chi connectivity index (χ4n) is 4.73. The Bertz CT molecular complexity index is 1360. The second-order valence-corrected chi connectivity index (χ2v) is 9.41. The summed E-state index contributed by atoms with van der Waals surface area (Å²) in [6.45, 7) is 2.19. The summed E-state index contributed by atoms with van der Waals surface area (Å²) in [6, 6.07) is 13.2. The van der Waals surface area contributed by atoms with E-state index in [1.807, 2.05) is 28.8 Å². The van der Waals surface area contributed by atoms with E-state index in [1.54, 1.807) is 12.1 Å². The molecule has 2 atom stereocenters. The lowest BCUT2D eigenvalue weighted by Gasteiger charge is -2.18. The zero-order valence-electron chi connectivity index (χ0n) is 17.6. The highest BCUT2D eigenvalue weighted by Crippen LogP contribution is 2.33. The van der Waals surface area contributed by atoms with E-state index in [9.17, 15) is 14.4 Å². The SMILES string of the molecule is O=C1CSc2ccc(N3C[C@H](CNC[C@@H]4Cn5c(=O)ccc6cccc4c65)OC3=O)nc2N1. The maximum Gasteiger partial charge on any atom is 0.416 e. The molecule has 168 valence electrons. The number of anilines is 2. The lowest BCUT2D eigenvalue weighted by atomic mass is 10.00. The summed E-state index contributed by atoms with van der Waals surface area (Å²) in [4.78, 5) is 43.2. The van der Waals surface area contributed by atoms with Crippen molar-refractivity contribution in [1.29, 1.82) is 0 Å². The fraction of sp³-hybridized carbons (Fsp3) is 0.304. The highest BCUT2D eigenvalue weighted by Gasteiger charge is 2.34. The molecule has 2 amide bonds. The van der Waals surface area contributed by atoms with Crippen LogP contribution >= 0.6 is 11.8 Å². The Labute approximate surface area is 193 Å². The minimum absolute atomic E-state index is 0.0185. The number of hydrogen-bond acceptors (Lipinski definition) is 7. The van der Waals surface area contributed by atoms with E-state index in [-0.39, 0.29) is 23.5 Å². The van der Waals surface area contributed by atoms with Crippen molar-refractivity contribution in [2.24, 2.45) is 0 Å². The van der Waals surface area contributed by atoms with Crippen LogP contribution in [0.2, 0.25) is 0 Å². The van der Waals surface area contributed by atoms with Gasteiger partial charge in [-0.2, -0.15) is 0 Å². The monoisotopic (exact) mass is 463 g/mol. The van der Waals surface area contributed by atoms with Gasteiger partial charge in [0.2, 0.25) is 5.91 Å². The summed E-state index contributed by atoms with van der Waals surface area (Å²) in [7, 11) is 0. The molecule has 6 rings (SSSR count). The molecule has 3 aliphatic rings. The number of thioether (sulfide) groups is 1. The van der Waals surface area contributed by atoms with Crippen LogP contribution in [0.5, 0.6) is 0 Å². The van der Waals surface area contributed by atoms with E-state index in [4.69, 9.17) is 4.74 Å². The number of hydrogen-bond donors (Lipinski definition) is 2. The van der Waals surface area contributed by atoms with Gasteiger partial charge in [-0.3, -0.25) is 14.5 Å². The second-order valence-electron chi connectivity index (χ2n) is 8.39. The number of cyclic esters (lactones) is 1. The lowest BCUT2D eigenvalue weighted by molar-refractivity contribution is -0.113. The van der Waals surface area contributed by atoms with E-state index in [0.29, 0.717) is 43.6 Å².